The van der Waals surface area contributed by atoms with Gasteiger partial charge >= 0.3 is 0 Å². The van der Waals surface area contributed by atoms with Crippen LogP contribution in [0.4, 0.5) is 10.1 Å². The van der Waals surface area contributed by atoms with Crippen LogP contribution < -0.4 is 5.32 Å². The van der Waals surface area contributed by atoms with Gasteiger partial charge in [-0.1, -0.05) is 0 Å². The highest BCUT2D eigenvalue weighted by molar-refractivity contribution is 9.10. The summed E-state index contributed by atoms with van der Waals surface area (Å²) in [5.74, 6) is -0.414. The highest BCUT2D eigenvalue weighted by atomic mass is 79.9. The quantitative estimate of drug-likeness (QED) is 0.772. The molecule has 1 aromatic rings. The van der Waals surface area contributed by atoms with E-state index in [2.05, 4.69) is 21.2 Å². The lowest BCUT2D eigenvalue weighted by Crippen LogP contribution is -2.27. The summed E-state index contributed by atoms with van der Waals surface area (Å²) in [5, 5.41) is 2.79. The van der Waals surface area contributed by atoms with Crippen LogP contribution >= 0.6 is 15.9 Å². The molecule has 1 aliphatic heterocycles. The Morgan fingerprint density at radius 2 is 2.07 bits per heavy atom. The fraction of sp³-hybridized carbons (Fsp3) is 0.364. The molecule has 0 fully saturated rings. The zero-order chi connectivity index (χ0) is 11.4. The molecule has 1 aliphatic rings. The topological polar surface area (TPSA) is 29.1 Å². The maximum Gasteiger partial charge on any atom is 0.234 e. The number of carbonyl (C=O) groups excluding carboxylic acids is 1. The van der Waals surface area contributed by atoms with Gasteiger partial charge in [0.1, 0.15) is 5.82 Å². The SMILES string of the molecule is Cc1cc(F)c(Br)c2c1NC(=O)C2(C)C. The number of fused-ring (bicyclic) bond motifs is 1. The number of benzene rings is 1. The first-order valence-corrected chi connectivity index (χ1v) is 5.45. The maximum absolute atomic E-state index is 13.5. The summed E-state index contributed by atoms with van der Waals surface area (Å²) >= 11 is 3.20. The summed E-state index contributed by atoms with van der Waals surface area (Å²) in [6.07, 6.45) is 0. The summed E-state index contributed by atoms with van der Waals surface area (Å²) in [6, 6.07) is 1.42. The van der Waals surface area contributed by atoms with E-state index < -0.39 is 5.41 Å². The maximum atomic E-state index is 13.5. The molecule has 4 heteroatoms. The van der Waals surface area contributed by atoms with Gasteiger partial charge in [0, 0.05) is 11.3 Å². The lowest BCUT2D eigenvalue weighted by atomic mass is 9.85. The van der Waals surface area contributed by atoms with E-state index >= 15 is 0 Å². The van der Waals surface area contributed by atoms with E-state index in [1.807, 2.05) is 0 Å². The summed E-state index contributed by atoms with van der Waals surface area (Å²) in [6.45, 7) is 5.37. The number of anilines is 1. The highest BCUT2D eigenvalue weighted by Gasteiger charge is 2.41. The first kappa shape index (κ1) is 10.6. The van der Waals surface area contributed by atoms with E-state index in [9.17, 15) is 9.18 Å². The normalized spacial score (nSPS) is 17.5. The molecule has 0 unspecified atom stereocenters. The van der Waals surface area contributed by atoms with Crippen molar-refractivity contribution in [2.75, 3.05) is 5.32 Å². The van der Waals surface area contributed by atoms with Crippen molar-refractivity contribution >= 4 is 27.5 Å². The number of rotatable bonds is 0. The van der Waals surface area contributed by atoms with Gasteiger partial charge < -0.3 is 5.32 Å². The van der Waals surface area contributed by atoms with E-state index in [-0.39, 0.29) is 11.7 Å². The van der Waals surface area contributed by atoms with Crippen LogP contribution in [0.1, 0.15) is 25.0 Å². The Morgan fingerprint density at radius 1 is 1.47 bits per heavy atom. The third-order valence-corrected chi connectivity index (χ3v) is 3.62. The van der Waals surface area contributed by atoms with Crippen LogP contribution in [0.25, 0.3) is 0 Å². The van der Waals surface area contributed by atoms with Crippen LogP contribution in [0, 0.1) is 12.7 Å². The molecule has 2 nitrogen and oxygen atoms in total. The van der Waals surface area contributed by atoms with Gasteiger partial charge in [0.25, 0.3) is 0 Å². The summed E-state index contributed by atoms with van der Waals surface area (Å²) in [4.78, 5) is 11.7. The van der Waals surface area contributed by atoms with E-state index in [0.29, 0.717) is 10.0 Å². The molecular formula is C11H11BrFNO. The highest BCUT2D eigenvalue weighted by Crippen LogP contribution is 2.44. The Hall–Kier alpha value is -0.900. The molecule has 1 amide bonds. The van der Waals surface area contributed by atoms with Crippen molar-refractivity contribution in [1.29, 1.82) is 0 Å². The second-order valence-corrected chi connectivity index (χ2v) is 5.11. The van der Waals surface area contributed by atoms with Gasteiger partial charge in [-0.3, -0.25) is 4.79 Å². The first-order chi connectivity index (χ1) is 6.85. The van der Waals surface area contributed by atoms with E-state index in [0.717, 1.165) is 11.3 Å². The third-order valence-electron chi connectivity index (χ3n) is 2.85. The smallest absolute Gasteiger partial charge is 0.234 e. The zero-order valence-electron chi connectivity index (χ0n) is 8.74. The average molecular weight is 272 g/mol. The molecule has 0 aromatic heterocycles. The van der Waals surface area contributed by atoms with Gasteiger partial charge in [0.2, 0.25) is 5.91 Å². The Bertz CT molecular complexity index is 468. The van der Waals surface area contributed by atoms with Crippen LogP contribution in [0.2, 0.25) is 0 Å². The zero-order valence-corrected chi connectivity index (χ0v) is 10.3. The van der Waals surface area contributed by atoms with Crippen molar-refractivity contribution in [2.24, 2.45) is 0 Å². The molecule has 15 heavy (non-hydrogen) atoms. The van der Waals surface area contributed by atoms with Gasteiger partial charge in [-0.2, -0.15) is 0 Å². The third kappa shape index (κ3) is 1.31. The van der Waals surface area contributed by atoms with Gasteiger partial charge in [-0.15, -0.1) is 0 Å². The summed E-state index contributed by atoms with van der Waals surface area (Å²) in [7, 11) is 0. The monoisotopic (exact) mass is 271 g/mol. The molecule has 0 spiro atoms. The van der Waals surface area contributed by atoms with Crippen LogP contribution in [0.3, 0.4) is 0 Å². The van der Waals surface area contributed by atoms with Crippen molar-refractivity contribution in [1.82, 2.24) is 0 Å². The molecule has 0 bridgehead atoms. The first-order valence-electron chi connectivity index (χ1n) is 4.66. The van der Waals surface area contributed by atoms with Gasteiger partial charge in [-0.25, -0.2) is 4.39 Å². The number of amides is 1. The molecule has 0 radical (unpaired) electrons. The molecule has 1 N–H and O–H groups in total. The minimum absolute atomic E-state index is 0.0908. The second-order valence-electron chi connectivity index (χ2n) is 4.32. The van der Waals surface area contributed by atoms with E-state index in [1.165, 1.54) is 6.07 Å². The van der Waals surface area contributed by atoms with Crippen LogP contribution in [-0.2, 0) is 10.2 Å². The number of halogens is 2. The number of hydrogen-bond donors (Lipinski definition) is 1. The van der Waals surface area contributed by atoms with Crippen molar-refractivity contribution in [2.45, 2.75) is 26.2 Å². The molecular weight excluding hydrogens is 261 g/mol. The van der Waals surface area contributed by atoms with Crippen molar-refractivity contribution in [3.63, 3.8) is 0 Å². The summed E-state index contributed by atoms with van der Waals surface area (Å²) < 4.78 is 13.9. The predicted molar refractivity (Wildman–Crippen MR) is 60.5 cm³/mol. The lowest BCUT2D eigenvalue weighted by Gasteiger charge is -2.17. The van der Waals surface area contributed by atoms with E-state index in [1.54, 1.807) is 20.8 Å². The Morgan fingerprint density at radius 3 is 2.67 bits per heavy atom. The number of carbonyl (C=O) groups is 1. The molecule has 1 aromatic carbocycles. The second kappa shape index (κ2) is 3.04. The van der Waals surface area contributed by atoms with E-state index in [4.69, 9.17) is 0 Å². The Kier molecular flexibility index (Phi) is 2.15. The Balaban J connectivity index is 2.81. The van der Waals surface area contributed by atoms with Crippen LogP contribution in [0.15, 0.2) is 10.5 Å². The molecule has 80 valence electrons. The standard InChI is InChI=1S/C11H11BrFNO/c1-5-4-6(13)8(12)7-9(5)14-10(15)11(7,2)3/h4H,1-3H3,(H,14,15). The predicted octanol–water partition coefficient (Wildman–Crippen LogP) is 3.13. The molecule has 1 heterocycles. The number of hydrogen-bond acceptors (Lipinski definition) is 1. The average Bonchev–Trinajstić information content (AvgIpc) is 2.36. The molecule has 0 saturated carbocycles. The largest absolute Gasteiger partial charge is 0.325 e. The number of nitrogens with one attached hydrogen (secondary N) is 1. The fourth-order valence-corrected chi connectivity index (χ4v) is 2.69. The van der Waals surface area contributed by atoms with Crippen LogP contribution in [-0.4, -0.2) is 5.91 Å². The number of aryl methyl sites for hydroxylation is 1. The van der Waals surface area contributed by atoms with Crippen LogP contribution in [0.5, 0.6) is 0 Å². The van der Waals surface area contributed by atoms with Crippen molar-refractivity contribution in [3.05, 3.63) is 27.5 Å². The summed E-state index contributed by atoms with van der Waals surface area (Å²) in [5.41, 5.74) is 1.52. The molecule has 2 rings (SSSR count). The van der Waals surface area contributed by atoms with Gasteiger partial charge in [-0.05, 0) is 48.3 Å². The fourth-order valence-electron chi connectivity index (χ4n) is 1.88. The van der Waals surface area contributed by atoms with Crippen molar-refractivity contribution in [3.8, 4) is 0 Å². The minimum Gasteiger partial charge on any atom is -0.325 e. The molecule has 0 atom stereocenters. The molecule has 0 aliphatic carbocycles. The molecule has 0 saturated heterocycles. The lowest BCUT2D eigenvalue weighted by molar-refractivity contribution is -0.119. The minimum atomic E-state index is -0.680. The van der Waals surface area contributed by atoms with Gasteiger partial charge in [0.15, 0.2) is 0 Å². The van der Waals surface area contributed by atoms with Crippen molar-refractivity contribution < 1.29 is 9.18 Å². The van der Waals surface area contributed by atoms with Gasteiger partial charge in [0.05, 0.1) is 9.89 Å². The Labute approximate surface area is 96.0 Å².